The van der Waals surface area contributed by atoms with E-state index in [1.807, 2.05) is 12.1 Å². The number of benzene rings is 1. The molecule has 3 rings (SSSR count). The van der Waals surface area contributed by atoms with Gasteiger partial charge in [-0.1, -0.05) is 6.07 Å². The molecule has 0 aliphatic carbocycles. The molecule has 1 aliphatic heterocycles. The highest BCUT2D eigenvalue weighted by atomic mass is 16.5. The van der Waals surface area contributed by atoms with E-state index in [-0.39, 0.29) is 17.4 Å². The van der Waals surface area contributed by atoms with Crippen LogP contribution in [0, 0.1) is 0 Å². The number of aromatic nitrogens is 1. The van der Waals surface area contributed by atoms with E-state index in [1.165, 1.54) is 12.1 Å². The van der Waals surface area contributed by atoms with Gasteiger partial charge in [-0.15, -0.1) is 0 Å². The van der Waals surface area contributed by atoms with Crippen molar-refractivity contribution in [2.45, 2.75) is 6.10 Å². The molecule has 1 atom stereocenters. The van der Waals surface area contributed by atoms with Gasteiger partial charge in [-0.2, -0.15) is 0 Å². The maximum absolute atomic E-state index is 11.1. The van der Waals surface area contributed by atoms with E-state index in [0.29, 0.717) is 24.4 Å². The standard InChI is InChI=1S/C16H16N2O4/c19-14-5-4-10(8-11(14)16(20)21)12-2-1-3-13(18-12)15-9-17-6-7-22-15/h1-5,8,15,17,19H,6-7,9H2,(H,20,21)/t15-/m0/s1. The fourth-order valence-electron chi connectivity index (χ4n) is 2.41. The van der Waals surface area contributed by atoms with Crippen LogP contribution >= 0.6 is 0 Å². The van der Waals surface area contributed by atoms with Crippen LogP contribution in [-0.2, 0) is 4.74 Å². The number of rotatable bonds is 3. The second-order valence-electron chi connectivity index (χ2n) is 5.05. The number of hydrogen-bond acceptors (Lipinski definition) is 5. The molecule has 22 heavy (non-hydrogen) atoms. The van der Waals surface area contributed by atoms with Gasteiger partial charge in [0.2, 0.25) is 0 Å². The first-order valence-corrected chi connectivity index (χ1v) is 7.01. The fraction of sp³-hybridized carbons (Fsp3) is 0.250. The SMILES string of the molecule is O=C(O)c1cc(-c2cccc([C@@H]3CNCCO3)n2)ccc1O. The molecule has 3 N–H and O–H groups in total. The van der Waals surface area contributed by atoms with Gasteiger partial charge >= 0.3 is 5.97 Å². The number of carbonyl (C=O) groups is 1. The summed E-state index contributed by atoms with van der Waals surface area (Å²) in [5.74, 6) is -1.43. The first kappa shape index (κ1) is 14.5. The third-order valence-electron chi connectivity index (χ3n) is 3.55. The summed E-state index contributed by atoms with van der Waals surface area (Å²) in [7, 11) is 0. The molecule has 1 saturated heterocycles. The summed E-state index contributed by atoms with van der Waals surface area (Å²) < 4.78 is 5.68. The average molecular weight is 300 g/mol. The predicted molar refractivity (Wildman–Crippen MR) is 79.9 cm³/mol. The van der Waals surface area contributed by atoms with Crippen molar-refractivity contribution in [2.24, 2.45) is 0 Å². The molecule has 2 heterocycles. The van der Waals surface area contributed by atoms with E-state index in [9.17, 15) is 9.90 Å². The largest absolute Gasteiger partial charge is 0.507 e. The lowest BCUT2D eigenvalue weighted by molar-refractivity contribution is 0.0251. The molecule has 0 amide bonds. The van der Waals surface area contributed by atoms with Gasteiger partial charge in [0.1, 0.15) is 17.4 Å². The van der Waals surface area contributed by atoms with Crippen LogP contribution in [0.3, 0.4) is 0 Å². The van der Waals surface area contributed by atoms with E-state index in [2.05, 4.69) is 10.3 Å². The summed E-state index contributed by atoms with van der Waals surface area (Å²) >= 11 is 0. The maximum Gasteiger partial charge on any atom is 0.339 e. The number of phenols is 1. The predicted octanol–water partition coefficient (Wildman–Crippen LogP) is 1.81. The Bertz CT molecular complexity index is 696. The number of carboxylic acid groups (broad SMARTS) is 1. The molecule has 2 aromatic rings. The van der Waals surface area contributed by atoms with E-state index in [0.717, 1.165) is 12.2 Å². The zero-order valence-electron chi connectivity index (χ0n) is 11.8. The molecule has 1 aliphatic rings. The monoisotopic (exact) mass is 300 g/mol. The summed E-state index contributed by atoms with van der Waals surface area (Å²) in [6.45, 7) is 2.17. The third-order valence-corrected chi connectivity index (χ3v) is 3.55. The van der Waals surface area contributed by atoms with Crippen molar-refractivity contribution in [1.82, 2.24) is 10.3 Å². The van der Waals surface area contributed by atoms with Crippen LogP contribution in [0.2, 0.25) is 0 Å². The van der Waals surface area contributed by atoms with E-state index < -0.39 is 5.97 Å². The number of carboxylic acids is 1. The Morgan fingerprint density at radius 1 is 1.32 bits per heavy atom. The molecule has 1 aromatic heterocycles. The Kier molecular flexibility index (Phi) is 4.04. The fourth-order valence-corrected chi connectivity index (χ4v) is 2.41. The minimum absolute atomic E-state index is 0.107. The number of aromatic hydroxyl groups is 1. The average Bonchev–Trinajstić information content (AvgIpc) is 2.56. The van der Waals surface area contributed by atoms with Gasteiger partial charge in [0.15, 0.2) is 0 Å². The Labute approximate surface area is 127 Å². The summed E-state index contributed by atoms with van der Waals surface area (Å²) in [6, 6.07) is 9.99. The minimum Gasteiger partial charge on any atom is -0.507 e. The number of pyridine rings is 1. The second kappa shape index (κ2) is 6.13. The van der Waals surface area contributed by atoms with Gasteiger partial charge in [0, 0.05) is 18.7 Å². The highest BCUT2D eigenvalue weighted by molar-refractivity contribution is 5.92. The van der Waals surface area contributed by atoms with Gasteiger partial charge in [-0.3, -0.25) is 4.98 Å². The molecule has 6 nitrogen and oxygen atoms in total. The number of nitrogens with zero attached hydrogens (tertiary/aromatic N) is 1. The molecule has 1 aromatic carbocycles. The molecule has 0 radical (unpaired) electrons. The van der Waals surface area contributed by atoms with Gasteiger partial charge in [-0.05, 0) is 30.3 Å². The highest BCUT2D eigenvalue weighted by Crippen LogP contribution is 2.26. The third kappa shape index (κ3) is 2.93. The maximum atomic E-state index is 11.1. The van der Waals surface area contributed by atoms with Crippen LogP contribution in [-0.4, -0.2) is 40.9 Å². The van der Waals surface area contributed by atoms with Crippen molar-refractivity contribution < 1.29 is 19.7 Å². The van der Waals surface area contributed by atoms with Gasteiger partial charge in [0.05, 0.1) is 18.0 Å². The summed E-state index contributed by atoms with van der Waals surface area (Å²) in [5.41, 5.74) is 1.95. The van der Waals surface area contributed by atoms with Crippen LogP contribution in [0.5, 0.6) is 5.75 Å². The zero-order chi connectivity index (χ0) is 15.5. The summed E-state index contributed by atoms with van der Waals surface area (Å²) in [6.07, 6.45) is -0.107. The van der Waals surface area contributed by atoms with Gasteiger partial charge < -0.3 is 20.3 Å². The lowest BCUT2D eigenvalue weighted by Gasteiger charge is -2.23. The number of hydrogen-bond donors (Lipinski definition) is 3. The smallest absolute Gasteiger partial charge is 0.339 e. The van der Waals surface area contributed by atoms with Crippen LogP contribution < -0.4 is 5.32 Å². The molecule has 0 unspecified atom stereocenters. The molecule has 1 fully saturated rings. The van der Waals surface area contributed by atoms with Crippen LogP contribution in [0.25, 0.3) is 11.3 Å². The molecule has 0 bridgehead atoms. The Morgan fingerprint density at radius 2 is 2.18 bits per heavy atom. The molecule has 0 saturated carbocycles. The van der Waals surface area contributed by atoms with Crippen molar-refractivity contribution in [1.29, 1.82) is 0 Å². The zero-order valence-corrected chi connectivity index (χ0v) is 11.8. The van der Waals surface area contributed by atoms with E-state index in [1.54, 1.807) is 12.1 Å². The van der Waals surface area contributed by atoms with Crippen LogP contribution in [0.4, 0.5) is 0 Å². The lowest BCUT2D eigenvalue weighted by atomic mass is 10.1. The summed E-state index contributed by atoms with van der Waals surface area (Å²) in [4.78, 5) is 15.7. The summed E-state index contributed by atoms with van der Waals surface area (Å²) in [5, 5.41) is 21.9. The first-order valence-electron chi connectivity index (χ1n) is 7.01. The second-order valence-corrected chi connectivity index (χ2v) is 5.05. The number of aromatic carboxylic acids is 1. The number of morpholine rings is 1. The highest BCUT2D eigenvalue weighted by Gasteiger charge is 2.18. The topological polar surface area (TPSA) is 91.7 Å². The first-order chi connectivity index (χ1) is 10.6. The molecular formula is C16H16N2O4. The van der Waals surface area contributed by atoms with Crippen molar-refractivity contribution in [3.63, 3.8) is 0 Å². The molecule has 0 spiro atoms. The Balaban J connectivity index is 1.95. The van der Waals surface area contributed by atoms with Crippen molar-refractivity contribution >= 4 is 5.97 Å². The molecule has 114 valence electrons. The number of nitrogens with one attached hydrogen (secondary N) is 1. The van der Waals surface area contributed by atoms with Crippen LogP contribution in [0.15, 0.2) is 36.4 Å². The van der Waals surface area contributed by atoms with Crippen molar-refractivity contribution in [3.05, 3.63) is 47.7 Å². The Hall–Kier alpha value is -2.44. The minimum atomic E-state index is -1.17. The lowest BCUT2D eigenvalue weighted by Crippen LogP contribution is -2.33. The van der Waals surface area contributed by atoms with E-state index >= 15 is 0 Å². The molecular weight excluding hydrogens is 284 g/mol. The number of ether oxygens (including phenoxy) is 1. The van der Waals surface area contributed by atoms with Gasteiger partial charge in [-0.25, -0.2) is 4.79 Å². The van der Waals surface area contributed by atoms with Crippen molar-refractivity contribution in [3.8, 4) is 17.0 Å². The van der Waals surface area contributed by atoms with E-state index in [4.69, 9.17) is 9.84 Å². The quantitative estimate of drug-likeness (QED) is 0.801. The molecule has 6 heteroatoms. The van der Waals surface area contributed by atoms with Gasteiger partial charge in [0.25, 0.3) is 0 Å². The van der Waals surface area contributed by atoms with Crippen molar-refractivity contribution in [2.75, 3.05) is 19.7 Å². The normalized spacial score (nSPS) is 18.1. The van der Waals surface area contributed by atoms with Crippen LogP contribution in [0.1, 0.15) is 22.2 Å². The Morgan fingerprint density at radius 3 is 2.91 bits per heavy atom.